The van der Waals surface area contributed by atoms with Crippen molar-refractivity contribution < 1.29 is 23.8 Å². The van der Waals surface area contributed by atoms with Crippen molar-refractivity contribution in [3.05, 3.63) is 47.5 Å². The maximum Gasteiger partial charge on any atom is 0.265 e. The van der Waals surface area contributed by atoms with E-state index >= 15 is 0 Å². The first-order chi connectivity index (χ1) is 15.5. The highest BCUT2D eigenvalue weighted by Gasteiger charge is 2.30. The number of methoxy groups -OCH3 is 1. The molecule has 1 fully saturated rings. The molecular weight excluding hydrogens is 434 g/mol. The van der Waals surface area contributed by atoms with Crippen LogP contribution in [0.5, 0.6) is 17.2 Å². The minimum atomic E-state index is -0.248. The molecule has 4 rings (SSSR count). The fourth-order valence-electron chi connectivity index (χ4n) is 3.77. The summed E-state index contributed by atoms with van der Waals surface area (Å²) in [6, 6.07) is 12.6. The van der Waals surface area contributed by atoms with Crippen molar-refractivity contribution in [1.82, 2.24) is 9.80 Å². The van der Waals surface area contributed by atoms with E-state index in [1.807, 2.05) is 24.3 Å². The highest BCUT2D eigenvalue weighted by molar-refractivity contribution is 6.31. The molecule has 2 heterocycles. The third kappa shape index (κ3) is 5.26. The quantitative estimate of drug-likeness (QED) is 0.632. The average Bonchev–Trinajstić information content (AvgIpc) is 2.82. The first-order valence-electron chi connectivity index (χ1n) is 10.5. The maximum absolute atomic E-state index is 12.9. The summed E-state index contributed by atoms with van der Waals surface area (Å²) in [4.78, 5) is 30.8. The summed E-state index contributed by atoms with van der Waals surface area (Å²) >= 11 is 6.08. The van der Waals surface area contributed by atoms with Crippen LogP contribution in [0.15, 0.2) is 42.5 Å². The van der Waals surface area contributed by atoms with Crippen molar-refractivity contribution in [2.45, 2.75) is 0 Å². The average molecular weight is 460 g/mol. The van der Waals surface area contributed by atoms with Gasteiger partial charge < -0.3 is 19.1 Å². The molecule has 170 valence electrons. The zero-order chi connectivity index (χ0) is 22.5. The number of hydrogen-bond acceptors (Lipinski definition) is 6. The lowest BCUT2D eigenvalue weighted by atomic mass is 10.2. The van der Waals surface area contributed by atoms with Gasteiger partial charge in [0, 0.05) is 37.7 Å². The predicted molar refractivity (Wildman–Crippen MR) is 121 cm³/mol. The Balaban J connectivity index is 1.24. The molecule has 0 radical (unpaired) electrons. The number of halogens is 1. The van der Waals surface area contributed by atoms with Crippen molar-refractivity contribution in [2.75, 3.05) is 64.5 Å². The number of amides is 2. The second-order valence-electron chi connectivity index (χ2n) is 7.63. The Labute approximate surface area is 192 Å². The van der Waals surface area contributed by atoms with Gasteiger partial charge in [0.25, 0.3) is 5.91 Å². The molecule has 0 spiro atoms. The van der Waals surface area contributed by atoms with Gasteiger partial charge in [0.15, 0.2) is 6.61 Å². The number of carbonyl (C=O) groups is 2. The number of anilines is 1. The zero-order valence-electron chi connectivity index (χ0n) is 18.0. The van der Waals surface area contributed by atoms with Gasteiger partial charge in [-0.1, -0.05) is 11.6 Å². The fraction of sp³-hybridized carbons (Fsp3) is 0.391. The van der Waals surface area contributed by atoms with Gasteiger partial charge in [0.1, 0.15) is 30.4 Å². The van der Waals surface area contributed by atoms with E-state index in [2.05, 4.69) is 4.90 Å². The summed E-state index contributed by atoms with van der Waals surface area (Å²) in [7, 11) is 1.63. The molecule has 1 saturated heterocycles. The third-order valence-electron chi connectivity index (χ3n) is 5.62. The van der Waals surface area contributed by atoms with E-state index < -0.39 is 0 Å². The Hall–Kier alpha value is -2.97. The van der Waals surface area contributed by atoms with Gasteiger partial charge in [-0.2, -0.15) is 0 Å². The lowest BCUT2D eigenvalue weighted by Crippen LogP contribution is -2.53. The second-order valence-corrected chi connectivity index (χ2v) is 8.06. The van der Waals surface area contributed by atoms with Crippen LogP contribution in [0.1, 0.15) is 0 Å². The Morgan fingerprint density at radius 2 is 1.78 bits per heavy atom. The Bertz CT molecular complexity index is 961. The number of carbonyl (C=O) groups excluding carboxylic acids is 2. The molecule has 9 heteroatoms. The normalized spacial score (nSPS) is 16.4. The van der Waals surface area contributed by atoms with Crippen molar-refractivity contribution in [1.29, 1.82) is 0 Å². The standard InChI is InChI=1S/C23H26ClN3O5/c1-30-18-3-5-19(6-4-18)31-13-12-25-8-10-26(11-9-25)22(28)15-27-20-14-17(24)2-7-21(20)32-16-23(27)29/h2-7,14H,8-13,15-16H2,1H3. The van der Waals surface area contributed by atoms with Gasteiger partial charge in [0.05, 0.1) is 12.8 Å². The van der Waals surface area contributed by atoms with Crippen LogP contribution in [0.2, 0.25) is 5.02 Å². The van der Waals surface area contributed by atoms with E-state index in [-0.39, 0.29) is 25.0 Å². The number of nitrogens with zero attached hydrogens (tertiary/aromatic N) is 3. The summed E-state index contributed by atoms with van der Waals surface area (Å²) in [6.45, 7) is 4.00. The highest BCUT2D eigenvalue weighted by atomic mass is 35.5. The van der Waals surface area contributed by atoms with Gasteiger partial charge in [0.2, 0.25) is 5.91 Å². The van der Waals surface area contributed by atoms with E-state index in [1.54, 1.807) is 30.2 Å². The van der Waals surface area contributed by atoms with Gasteiger partial charge >= 0.3 is 0 Å². The van der Waals surface area contributed by atoms with Crippen LogP contribution in [0.4, 0.5) is 5.69 Å². The Morgan fingerprint density at radius 1 is 1.06 bits per heavy atom. The van der Waals surface area contributed by atoms with Crippen LogP contribution in [0, 0.1) is 0 Å². The lowest BCUT2D eigenvalue weighted by Gasteiger charge is -2.36. The van der Waals surface area contributed by atoms with Crippen LogP contribution < -0.4 is 19.1 Å². The van der Waals surface area contributed by atoms with E-state index in [4.69, 9.17) is 25.8 Å². The molecule has 0 bridgehead atoms. The number of piperazine rings is 1. The monoisotopic (exact) mass is 459 g/mol. The molecule has 0 atom stereocenters. The molecule has 0 aromatic heterocycles. The van der Waals surface area contributed by atoms with Gasteiger partial charge in [-0.15, -0.1) is 0 Å². The SMILES string of the molecule is COc1ccc(OCCN2CCN(C(=O)CN3C(=O)COc4ccc(Cl)cc43)CC2)cc1. The van der Waals surface area contributed by atoms with Crippen LogP contribution in [0.3, 0.4) is 0 Å². The molecule has 0 aliphatic carbocycles. The first kappa shape index (κ1) is 22.2. The predicted octanol–water partition coefficient (Wildman–Crippen LogP) is 2.30. The summed E-state index contributed by atoms with van der Waals surface area (Å²) in [5.41, 5.74) is 0.538. The maximum atomic E-state index is 12.9. The summed E-state index contributed by atoms with van der Waals surface area (Å²) < 4.78 is 16.4. The molecule has 0 unspecified atom stereocenters. The smallest absolute Gasteiger partial charge is 0.265 e. The number of hydrogen-bond donors (Lipinski definition) is 0. The molecule has 0 saturated carbocycles. The van der Waals surface area contributed by atoms with E-state index in [0.29, 0.717) is 36.2 Å². The zero-order valence-corrected chi connectivity index (χ0v) is 18.7. The lowest BCUT2D eigenvalue weighted by molar-refractivity contribution is -0.133. The van der Waals surface area contributed by atoms with Gasteiger partial charge in [-0.05, 0) is 42.5 Å². The van der Waals surface area contributed by atoms with Crippen LogP contribution in [-0.4, -0.2) is 81.2 Å². The Kier molecular flexibility index (Phi) is 7.02. The van der Waals surface area contributed by atoms with Crippen LogP contribution in [-0.2, 0) is 9.59 Å². The van der Waals surface area contributed by atoms with Crippen molar-refractivity contribution in [3.8, 4) is 17.2 Å². The summed E-state index contributed by atoms with van der Waals surface area (Å²) in [5.74, 6) is 1.82. The molecule has 0 N–H and O–H groups in total. The van der Waals surface area contributed by atoms with Gasteiger partial charge in [-0.25, -0.2) is 0 Å². The molecule has 8 nitrogen and oxygen atoms in total. The second kappa shape index (κ2) is 10.1. The van der Waals surface area contributed by atoms with Crippen molar-refractivity contribution >= 4 is 29.1 Å². The minimum absolute atomic E-state index is 0.0177. The highest BCUT2D eigenvalue weighted by Crippen LogP contribution is 2.34. The molecule has 2 aromatic rings. The third-order valence-corrected chi connectivity index (χ3v) is 5.85. The van der Waals surface area contributed by atoms with E-state index in [1.165, 1.54) is 4.90 Å². The number of ether oxygens (including phenoxy) is 3. The summed E-state index contributed by atoms with van der Waals surface area (Å²) in [5, 5.41) is 0.491. The number of fused-ring (bicyclic) bond motifs is 1. The summed E-state index contributed by atoms with van der Waals surface area (Å²) in [6.07, 6.45) is 0. The van der Waals surface area contributed by atoms with Crippen LogP contribution >= 0.6 is 11.6 Å². The minimum Gasteiger partial charge on any atom is -0.497 e. The van der Waals surface area contributed by atoms with Crippen LogP contribution in [0.25, 0.3) is 0 Å². The molecular formula is C23H26ClN3O5. The molecule has 2 aliphatic rings. The molecule has 2 aromatic carbocycles. The van der Waals surface area contributed by atoms with Crippen molar-refractivity contribution in [3.63, 3.8) is 0 Å². The Morgan fingerprint density at radius 3 is 2.50 bits per heavy atom. The van der Waals surface area contributed by atoms with Crippen molar-refractivity contribution in [2.24, 2.45) is 0 Å². The molecule has 2 amide bonds. The number of rotatable bonds is 7. The topological polar surface area (TPSA) is 71.6 Å². The molecule has 2 aliphatic heterocycles. The first-order valence-corrected chi connectivity index (χ1v) is 10.9. The van der Waals surface area contributed by atoms with Gasteiger partial charge in [-0.3, -0.25) is 19.4 Å². The van der Waals surface area contributed by atoms with E-state index in [0.717, 1.165) is 31.1 Å². The largest absolute Gasteiger partial charge is 0.497 e. The number of benzene rings is 2. The fourth-order valence-corrected chi connectivity index (χ4v) is 3.94. The molecule has 32 heavy (non-hydrogen) atoms. The van der Waals surface area contributed by atoms with E-state index in [9.17, 15) is 9.59 Å².